The van der Waals surface area contributed by atoms with Crippen LogP contribution < -0.4 is 9.47 Å². The Bertz CT molecular complexity index is 1270. The van der Waals surface area contributed by atoms with Crippen molar-refractivity contribution >= 4 is 15.8 Å². The third-order valence-electron chi connectivity index (χ3n) is 4.46. The summed E-state index contributed by atoms with van der Waals surface area (Å²) in [5.74, 6) is -1.35. The van der Waals surface area contributed by atoms with Gasteiger partial charge in [0.05, 0.1) is 22.8 Å². The van der Waals surface area contributed by atoms with Gasteiger partial charge in [-0.3, -0.25) is 4.79 Å². The summed E-state index contributed by atoms with van der Waals surface area (Å²) >= 11 is 0. The molecule has 0 unspecified atom stereocenters. The number of carboxylic acids is 1. The molecule has 0 saturated carbocycles. The molecule has 0 fully saturated rings. The molecule has 0 aromatic heterocycles. The first kappa shape index (κ1) is 24.1. The van der Waals surface area contributed by atoms with Crippen molar-refractivity contribution in [2.24, 2.45) is 0 Å². The van der Waals surface area contributed by atoms with Gasteiger partial charge in [0.25, 0.3) is 0 Å². The van der Waals surface area contributed by atoms with Gasteiger partial charge in [0.2, 0.25) is 9.84 Å². The number of ether oxygens (including phenoxy) is 2. The summed E-state index contributed by atoms with van der Waals surface area (Å²) in [6.45, 7) is 1.96. The second-order valence-electron chi connectivity index (χ2n) is 6.92. The fourth-order valence-corrected chi connectivity index (χ4v) is 4.55. The largest absolute Gasteiger partial charge is 0.573 e. The van der Waals surface area contributed by atoms with E-state index in [-0.39, 0.29) is 27.7 Å². The zero-order valence-corrected chi connectivity index (χ0v) is 18.1. The van der Waals surface area contributed by atoms with Crippen molar-refractivity contribution in [3.05, 3.63) is 72.3 Å². The summed E-state index contributed by atoms with van der Waals surface area (Å²) in [6.07, 6.45) is -5.25. The first-order valence-electron chi connectivity index (χ1n) is 9.68. The first-order chi connectivity index (χ1) is 15.5. The number of carboxylic acid groups (broad SMARTS) is 1. The molecule has 0 radical (unpaired) electrons. The van der Waals surface area contributed by atoms with E-state index in [1.54, 1.807) is 13.0 Å². The number of rotatable bonds is 8. The van der Waals surface area contributed by atoms with Gasteiger partial charge in [-0.25, -0.2) is 8.42 Å². The van der Waals surface area contributed by atoms with Gasteiger partial charge in [0.1, 0.15) is 11.5 Å². The van der Waals surface area contributed by atoms with Crippen LogP contribution in [0.15, 0.2) is 76.5 Å². The molecular weight excluding hydrogens is 461 g/mol. The highest BCUT2D eigenvalue weighted by Crippen LogP contribution is 2.32. The quantitative estimate of drug-likeness (QED) is 0.482. The van der Waals surface area contributed by atoms with E-state index >= 15 is 0 Å². The maximum atomic E-state index is 13.3. The molecule has 10 heteroatoms. The molecule has 0 aliphatic carbocycles. The summed E-state index contributed by atoms with van der Waals surface area (Å²) < 4.78 is 73.5. The van der Waals surface area contributed by atoms with E-state index in [1.807, 2.05) is 0 Å². The Morgan fingerprint density at radius 1 is 0.909 bits per heavy atom. The average Bonchev–Trinajstić information content (AvgIpc) is 2.72. The Hall–Kier alpha value is -3.53. The Morgan fingerprint density at radius 2 is 1.58 bits per heavy atom. The lowest BCUT2D eigenvalue weighted by molar-refractivity contribution is -0.274. The van der Waals surface area contributed by atoms with E-state index in [0.717, 1.165) is 12.1 Å². The van der Waals surface area contributed by atoms with Crippen LogP contribution >= 0.6 is 0 Å². The van der Waals surface area contributed by atoms with Crippen molar-refractivity contribution < 1.29 is 41.0 Å². The van der Waals surface area contributed by atoms with Crippen molar-refractivity contribution in [2.45, 2.75) is 29.5 Å². The Kier molecular flexibility index (Phi) is 6.97. The molecule has 0 spiro atoms. The van der Waals surface area contributed by atoms with Crippen LogP contribution in [0, 0.1) is 0 Å². The predicted octanol–water partition coefficient (Wildman–Crippen LogP) is 5.11. The summed E-state index contributed by atoms with van der Waals surface area (Å²) in [5, 5.41) is 9.08. The lowest BCUT2D eigenvalue weighted by atomic mass is 10.1. The topological polar surface area (TPSA) is 89.9 Å². The van der Waals surface area contributed by atoms with Gasteiger partial charge >= 0.3 is 12.3 Å². The molecule has 0 aliphatic heterocycles. The number of hydrogen-bond acceptors (Lipinski definition) is 5. The maximum Gasteiger partial charge on any atom is 0.573 e. The van der Waals surface area contributed by atoms with E-state index in [9.17, 15) is 26.4 Å². The second-order valence-corrected chi connectivity index (χ2v) is 8.87. The van der Waals surface area contributed by atoms with Crippen LogP contribution in [0.3, 0.4) is 0 Å². The first-order valence-corrected chi connectivity index (χ1v) is 11.2. The third kappa shape index (κ3) is 6.26. The SMILES string of the molecule is CCOc1cc(CC(=O)O)cc(S(=O)(=O)c2cccc(-c3cccc(OC(F)(F)F)c3)c2)c1. The van der Waals surface area contributed by atoms with Gasteiger partial charge in [0, 0.05) is 0 Å². The Labute approximate surface area is 188 Å². The molecule has 3 rings (SSSR count). The number of benzene rings is 3. The fourth-order valence-electron chi connectivity index (χ4n) is 3.16. The molecule has 3 aromatic rings. The van der Waals surface area contributed by atoms with Gasteiger partial charge < -0.3 is 14.6 Å². The molecule has 0 heterocycles. The summed E-state index contributed by atoms with van der Waals surface area (Å²) in [6, 6.07) is 14.9. The van der Waals surface area contributed by atoms with Gasteiger partial charge in [-0.2, -0.15) is 0 Å². The smallest absolute Gasteiger partial charge is 0.494 e. The molecule has 33 heavy (non-hydrogen) atoms. The van der Waals surface area contributed by atoms with Crippen LogP contribution in [0.2, 0.25) is 0 Å². The van der Waals surface area contributed by atoms with Gasteiger partial charge in [-0.15, -0.1) is 13.2 Å². The number of alkyl halides is 3. The van der Waals surface area contributed by atoms with Gasteiger partial charge in [-0.05, 0) is 66.1 Å². The molecule has 0 saturated heterocycles. The second kappa shape index (κ2) is 9.53. The lowest BCUT2D eigenvalue weighted by Gasteiger charge is -2.12. The van der Waals surface area contributed by atoms with Gasteiger partial charge in [0.15, 0.2) is 0 Å². The van der Waals surface area contributed by atoms with Crippen LogP contribution in [0.4, 0.5) is 13.2 Å². The zero-order valence-electron chi connectivity index (χ0n) is 17.3. The van der Waals surface area contributed by atoms with Crippen molar-refractivity contribution in [1.82, 2.24) is 0 Å². The maximum absolute atomic E-state index is 13.3. The van der Waals surface area contributed by atoms with Crippen LogP contribution in [-0.2, 0) is 21.1 Å². The zero-order chi connectivity index (χ0) is 24.2. The molecule has 3 aromatic carbocycles. The molecule has 1 N–H and O–H groups in total. The van der Waals surface area contributed by atoms with E-state index < -0.39 is 34.3 Å². The van der Waals surface area contributed by atoms with E-state index in [2.05, 4.69) is 4.74 Å². The van der Waals surface area contributed by atoms with E-state index in [4.69, 9.17) is 9.84 Å². The average molecular weight is 480 g/mol. The lowest BCUT2D eigenvalue weighted by Crippen LogP contribution is -2.17. The number of carbonyl (C=O) groups is 1. The molecule has 0 bridgehead atoms. The van der Waals surface area contributed by atoms with Crippen LogP contribution in [0.5, 0.6) is 11.5 Å². The summed E-state index contributed by atoms with van der Waals surface area (Å²) in [7, 11) is -4.09. The van der Waals surface area contributed by atoms with E-state index in [0.29, 0.717) is 11.1 Å². The van der Waals surface area contributed by atoms with Crippen LogP contribution in [0.1, 0.15) is 12.5 Å². The van der Waals surface area contributed by atoms with Gasteiger partial charge in [-0.1, -0.05) is 24.3 Å². The summed E-state index contributed by atoms with van der Waals surface area (Å²) in [4.78, 5) is 10.8. The van der Waals surface area contributed by atoms with Crippen molar-refractivity contribution in [3.63, 3.8) is 0 Å². The van der Waals surface area contributed by atoms with Crippen LogP contribution in [-0.4, -0.2) is 32.5 Å². The predicted molar refractivity (Wildman–Crippen MR) is 113 cm³/mol. The Balaban J connectivity index is 2.03. The fraction of sp³-hybridized carbons (Fsp3) is 0.174. The third-order valence-corrected chi connectivity index (χ3v) is 6.19. The monoisotopic (exact) mass is 480 g/mol. The molecule has 0 aliphatic rings. The summed E-state index contributed by atoms with van der Waals surface area (Å²) in [5.41, 5.74) is 0.930. The highest BCUT2D eigenvalue weighted by Gasteiger charge is 2.31. The van der Waals surface area contributed by atoms with Crippen LogP contribution in [0.25, 0.3) is 11.1 Å². The van der Waals surface area contributed by atoms with Crippen molar-refractivity contribution in [3.8, 4) is 22.6 Å². The normalized spacial score (nSPS) is 11.8. The van der Waals surface area contributed by atoms with E-state index in [1.165, 1.54) is 48.5 Å². The highest BCUT2D eigenvalue weighted by atomic mass is 32.2. The molecule has 6 nitrogen and oxygen atoms in total. The number of aliphatic carboxylic acids is 1. The van der Waals surface area contributed by atoms with Crippen molar-refractivity contribution in [2.75, 3.05) is 6.61 Å². The van der Waals surface area contributed by atoms with Crippen molar-refractivity contribution in [1.29, 1.82) is 0 Å². The number of hydrogen-bond donors (Lipinski definition) is 1. The molecular formula is C23H19F3O6S. The minimum atomic E-state index is -4.86. The molecule has 0 atom stereocenters. The number of halogens is 3. The Morgan fingerprint density at radius 3 is 2.21 bits per heavy atom. The molecule has 0 amide bonds. The number of sulfone groups is 1. The highest BCUT2D eigenvalue weighted by molar-refractivity contribution is 7.91. The minimum absolute atomic E-state index is 0.114. The standard InChI is InChI=1S/C23H19F3O6S/c1-2-31-19-9-15(11-22(27)28)10-21(14-19)33(29,30)20-8-4-6-17(13-20)16-5-3-7-18(12-16)32-23(24,25)26/h3-10,12-14H,2,11H2,1H3,(H,27,28). The minimum Gasteiger partial charge on any atom is -0.494 e. The molecule has 174 valence electrons.